The number of aromatic nitrogens is 2. The van der Waals surface area contributed by atoms with E-state index in [9.17, 15) is 4.79 Å². The largest absolute Gasteiger partial charge is 0.330 e. The predicted molar refractivity (Wildman–Crippen MR) is 43.8 cm³/mol. The van der Waals surface area contributed by atoms with Crippen LogP contribution in [-0.4, -0.2) is 16.5 Å². The van der Waals surface area contributed by atoms with E-state index >= 15 is 0 Å². The van der Waals surface area contributed by atoms with Crippen LogP contribution < -0.4 is 11.4 Å². The topological polar surface area (TPSA) is 74.7 Å². The standard InChI is InChI=1S/C6H10ClN3O/c7-5-4(2-1-3-8)9-6(11)10-5/h1-3,8H2,(H2,9,10,11). The highest BCUT2D eigenvalue weighted by atomic mass is 35.5. The van der Waals surface area contributed by atoms with Crippen molar-refractivity contribution in [2.45, 2.75) is 12.8 Å². The summed E-state index contributed by atoms with van der Waals surface area (Å²) in [5.74, 6) is 0. The molecule has 0 unspecified atom stereocenters. The molecule has 0 amide bonds. The molecule has 62 valence electrons. The maximum absolute atomic E-state index is 10.6. The molecule has 0 aliphatic rings. The highest BCUT2D eigenvalue weighted by Gasteiger charge is 2.02. The Kier molecular flexibility index (Phi) is 2.73. The van der Waals surface area contributed by atoms with Gasteiger partial charge in [-0.25, -0.2) is 4.79 Å². The zero-order chi connectivity index (χ0) is 8.27. The summed E-state index contributed by atoms with van der Waals surface area (Å²) in [6.07, 6.45) is 1.54. The Morgan fingerprint density at radius 1 is 1.45 bits per heavy atom. The lowest BCUT2D eigenvalue weighted by Crippen LogP contribution is -2.03. The molecule has 4 N–H and O–H groups in total. The quantitative estimate of drug-likeness (QED) is 0.616. The maximum atomic E-state index is 10.6. The molecule has 0 spiro atoms. The second-order valence-electron chi connectivity index (χ2n) is 2.26. The lowest BCUT2D eigenvalue weighted by Gasteiger charge is -1.93. The number of nitrogens with two attached hydrogens (primary N) is 1. The van der Waals surface area contributed by atoms with E-state index in [1.54, 1.807) is 0 Å². The fourth-order valence-electron chi connectivity index (χ4n) is 0.849. The number of H-pyrrole nitrogens is 2. The van der Waals surface area contributed by atoms with Crippen LogP contribution in [0.5, 0.6) is 0 Å². The molecule has 0 bridgehead atoms. The van der Waals surface area contributed by atoms with Crippen molar-refractivity contribution in [3.05, 3.63) is 21.3 Å². The minimum absolute atomic E-state index is 0.262. The number of hydrogen-bond donors (Lipinski definition) is 3. The van der Waals surface area contributed by atoms with Crippen LogP contribution in [0.4, 0.5) is 0 Å². The Hall–Kier alpha value is -0.740. The van der Waals surface area contributed by atoms with Crippen LogP contribution in [0.2, 0.25) is 5.15 Å². The van der Waals surface area contributed by atoms with Gasteiger partial charge >= 0.3 is 5.69 Å². The van der Waals surface area contributed by atoms with E-state index in [0.717, 1.165) is 12.1 Å². The molecule has 0 fully saturated rings. The van der Waals surface area contributed by atoms with E-state index in [-0.39, 0.29) is 5.69 Å². The molecule has 1 heterocycles. The molecule has 0 radical (unpaired) electrons. The summed E-state index contributed by atoms with van der Waals surface area (Å²) in [4.78, 5) is 15.7. The lowest BCUT2D eigenvalue weighted by molar-refractivity contribution is 0.814. The average molecular weight is 176 g/mol. The van der Waals surface area contributed by atoms with E-state index in [2.05, 4.69) is 9.97 Å². The third kappa shape index (κ3) is 2.10. The first-order valence-electron chi connectivity index (χ1n) is 3.40. The van der Waals surface area contributed by atoms with E-state index in [4.69, 9.17) is 17.3 Å². The molecular weight excluding hydrogens is 166 g/mol. The normalized spacial score (nSPS) is 10.4. The van der Waals surface area contributed by atoms with Crippen molar-refractivity contribution in [2.75, 3.05) is 6.54 Å². The van der Waals surface area contributed by atoms with Gasteiger partial charge in [0.15, 0.2) is 0 Å². The lowest BCUT2D eigenvalue weighted by atomic mass is 10.2. The number of rotatable bonds is 3. The first kappa shape index (κ1) is 8.36. The van der Waals surface area contributed by atoms with E-state index < -0.39 is 0 Å². The molecule has 0 saturated carbocycles. The first-order chi connectivity index (χ1) is 5.24. The summed E-state index contributed by atoms with van der Waals surface area (Å²) in [6, 6.07) is 0. The molecule has 0 saturated heterocycles. The molecule has 5 heteroatoms. The predicted octanol–water partition coefficient (Wildman–Crippen LogP) is 0.248. The van der Waals surface area contributed by atoms with Crippen LogP contribution >= 0.6 is 11.6 Å². The van der Waals surface area contributed by atoms with Gasteiger partial charge < -0.3 is 10.7 Å². The molecule has 0 aromatic carbocycles. The first-order valence-corrected chi connectivity index (χ1v) is 3.78. The van der Waals surface area contributed by atoms with Crippen molar-refractivity contribution in [1.82, 2.24) is 9.97 Å². The number of nitrogens with one attached hydrogen (secondary N) is 2. The van der Waals surface area contributed by atoms with Crippen molar-refractivity contribution in [1.29, 1.82) is 0 Å². The maximum Gasteiger partial charge on any atom is 0.324 e. The van der Waals surface area contributed by atoms with Gasteiger partial charge in [0.25, 0.3) is 0 Å². The Labute approximate surface area is 68.8 Å². The third-order valence-corrected chi connectivity index (χ3v) is 1.71. The van der Waals surface area contributed by atoms with Gasteiger partial charge in [0, 0.05) is 0 Å². The van der Waals surface area contributed by atoms with Crippen molar-refractivity contribution in [2.24, 2.45) is 5.73 Å². The average Bonchev–Trinajstić information content (AvgIpc) is 2.26. The van der Waals surface area contributed by atoms with Crippen molar-refractivity contribution in [3.63, 3.8) is 0 Å². The molecule has 1 rings (SSSR count). The van der Waals surface area contributed by atoms with Crippen LogP contribution in [0, 0.1) is 0 Å². The van der Waals surface area contributed by atoms with Crippen molar-refractivity contribution < 1.29 is 0 Å². The molecule has 4 nitrogen and oxygen atoms in total. The van der Waals surface area contributed by atoms with Gasteiger partial charge in [-0.3, -0.25) is 4.98 Å². The molecule has 1 aromatic heterocycles. The number of hydrogen-bond acceptors (Lipinski definition) is 2. The summed E-state index contributed by atoms with van der Waals surface area (Å²) in [5, 5.41) is 0.392. The van der Waals surface area contributed by atoms with E-state index in [1.165, 1.54) is 0 Å². The zero-order valence-electron chi connectivity index (χ0n) is 5.98. The summed E-state index contributed by atoms with van der Waals surface area (Å²) in [6.45, 7) is 0.601. The molecular formula is C6H10ClN3O. The minimum atomic E-state index is -0.262. The third-order valence-electron chi connectivity index (χ3n) is 1.38. The highest BCUT2D eigenvalue weighted by Crippen LogP contribution is 2.08. The van der Waals surface area contributed by atoms with Gasteiger partial charge in [-0.2, -0.15) is 0 Å². The molecule has 11 heavy (non-hydrogen) atoms. The fourth-order valence-corrected chi connectivity index (χ4v) is 1.08. The Morgan fingerprint density at radius 3 is 2.64 bits per heavy atom. The van der Waals surface area contributed by atoms with Crippen LogP contribution in [0.3, 0.4) is 0 Å². The molecule has 0 atom stereocenters. The Bertz CT molecular complexity index is 278. The monoisotopic (exact) mass is 175 g/mol. The van der Waals surface area contributed by atoms with Gasteiger partial charge in [0.2, 0.25) is 0 Å². The SMILES string of the molecule is NCCCc1[nH]c(=O)[nH]c1Cl. The number of imidazole rings is 1. The van der Waals surface area contributed by atoms with Crippen molar-refractivity contribution >= 4 is 11.6 Å². The second-order valence-corrected chi connectivity index (χ2v) is 2.64. The smallest absolute Gasteiger partial charge is 0.324 e. The van der Waals surface area contributed by atoms with Gasteiger partial charge in [0.05, 0.1) is 5.69 Å². The van der Waals surface area contributed by atoms with Gasteiger partial charge in [0.1, 0.15) is 5.15 Å². The van der Waals surface area contributed by atoms with Crippen LogP contribution in [0.25, 0.3) is 0 Å². The minimum Gasteiger partial charge on any atom is -0.330 e. The molecule has 0 aliphatic carbocycles. The van der Waals surface area contributed by atoms with Crippen LogP contribution in [0.15, 0.2) is 4.79 Å². The molecule has 1 aromatic rings. The van der Waals surface area contributed by atoms with Crippen molar-refractivity contribution in [3.8, 4) is 0 Å². The fraction of sp³-hybridized carbons (Fsp3) is 0.500. The van der Waals surface area contributed by atoms with Gasteiger partial charge in [-0.15, -0.1) is 0 Å². The van der Waals surface area contributed by atoms with Crippen LogP contribution in [0.1, 0.15) is 12.1 Å². The number of aromatic amines is 2. The summed E-state index contributed by atoms with van der Waals surface area (Å²) in [7, 11) is 0. The van der Waals surface area contributed by atoms with Crippen LogP contribution in [-0.2, 0) is 6.42 Å². The van der Waals surface area contributed by atoms with E-state index in [0.29, 0.717) is 18.1 Å². The number of aryl methyl sites for hydroxylation is 1. The van der Waals surface area contributed by atoms with E-state index in [1.807, 2.05) is 0 Å². The Balaban J connectivity index is 2.69. The summed E-state index contributed by atoms with van der Waals surface area (Å²) >= 11 is 5.65. The molecule has 0 aliphatic heterocycles. The second kappa shape index (κ2) is 3.59. The highest BCUT2D eigenvalue weighted by molar-refractivity contribution is 6.30. The zero-order valence-corrected chi connectivity index (χ0v) is 6.74. The van der Waals surface area contributed by atoms with Gasteiger partial charge in [-0.1, -0.05) is 11.6 Å². The number of halogens is 1. The summed E-state index contributed by atoms with van der Waals surface area (Å²) < 4.78 is 0. The van der Waals surface area contributed by atoms with Gasteiger partial charge in [-0.05, 0) is 19.4 Å². The summed E-state index contributed by atoms with van der Waals surface area (Å²) in [5.41, 5.74) is 5.76. The Morgan fingerprint density at radius 2 is 2.18 bits per heavy atom.